The Morgan fingerprint density at radius 3 is 2.21 bits per heavy atom. The predicted octanol–water partition coefficient (Wildman–Crippen LogP) is 1.64. The van der Waals surface area contributed by atoms with Crippen LogP contribution in [0.1, 0.15) is 41.6 Å². The SMILES string of the molecule is CCn1nc(C(=O)NNC(=O)C(NC(=O)c2ccc(OC)cc2)C(C)C)c2ccccc2c1=O. The topological polar surface area (TPSA) is 131 Å². The molecule has 0 aliphatic carbocycles. The lowest BCUT2D eigenvalue weighted by molar-refractivity contribution is -0.124. The van der Waals surface area contributed by atoms with E-state index in [0.29, 0.717) is 22.1 Å². The summed E-state index contributed by atoms with van der Waals surface area (Å²) in [5.41, 5.74) is 4.75. The average molecular weight is 466 g/mol. The molecule has 34 heavy (non-hydrogen) atoms. The van der Waals surface area contributed by atoms with Crippen LogP contribution in [0.3, 0.4) is 0 Å². The third kappa shape index (κ3) is 5.22. The molecule has 3 N–H and O–H groups in total. The summed E-state index contributed by atoms with van der Waals surface area (Å²) in [7, 11) is 1.53. The summed E-state index contributed by atoms with van der Waals surface area (Å²) in [4.78, 5) is 50.7. The van der Waals surface area contributed by atoms with Gasteiger partial charge in [0, 0.05) is 17.5 Å². The standard InChI is InChI=1S/C24H27N5O5/c1-5-29-24(33)18-9-7-6-8-17(18)20(28-29)23(32)27-26-22(31)19(14(2)3)25-21(30)15-10-12-16(34-4)13-11-15/h6-14,19H,5H2,1-4H3,(H,25,30)(H,26,31)(H,27,32). The van der Waals surface area contributed by atoms with Gasteiger partial charge in [-0.15, -0.1) is 0 Å². The van der Waals surface area contributed by atoms with E-state index in [1.807, 2.05) is 0 Å². The Balaban J connectivity index is 1.74. The number of aromatic nitrogens is 2. The van der Waals surface area contributed by atoms with Crippen LogP contribution in [-0.2, 0) is 11.3 Å². The fourth-order valence-electron chi connectivity index (χ4n) is 3.37. The molecule has 0 spiro atoms. The Labute approximate surface area is 196 Å². The number of ether oxygens (including phenoxy) is 1. The molecule has 1 heterocycles. The highest BCUT2D eigenvalue weighted by Crippen LogP contribution is 2.14. The van der Waals surface area contributed by atoms with Crippen LogP contribution in [0.15, 0.2) is 53.3 Å². The third-order valence-corrected chi connectivity index (χ3v) is 5.27. The summed E-state index contributed by atoms with van der Waals surface area (Å²) >= 11 is 0. The van der Waals surface area contributed by atoms with Crippen molar-refractivity contribution in [2.24, 2.45) is 5.92 Å². The van der Waals surface area contributed by atoms with E-state index in [1.165, 1.54) is 11.8 Å². The number of carbonyl (C=O) groups excluding carboxylic acids is 3. The van der Waals surface area contributed by atoms with E-state index >= 15 is 0 Å². The Kier molecular flexibility index (Phi) is 7.62. The summed E-state index contributed by atoms with van der Waals surface area (Å²) < 4.78 is 6.27. The van der Waals surface area contributed by atoms with Crippen molar-refractivity contribution in [1.82, 2.24) is 25.9 Å². The minimum Gasteiger partial charge on any atom is -0.497 e. The fourth-order valence-corrected chi connectivity index (χ4v) is 3.37. The number of hydrogen-bond donors (Lipinski definition) is 3. The van der Waals surface area contributed by atoms with Gasteiger partial charge in [-0.3, -0.25) is 30.0 Å². The van der Waals surface area contributed by atoms with Gasteiger partial charge < -0.3 is 10.1 Å². The molecule has 1 unspecified atom stereocenters. The van der Waals surface area contributed by atoms with Gasteiger partial charge in [-0.25, -0.2) is 4.68 Å². The zero-order chi connectivity index (χ0) is 24.8. The van der Waals surface area contributed by atoms with Gasteiger partial charge in [-0.2, -0.15) is 5.10 Å². The molecule has 1 aromatic heterocycles. The summed E-state index contributed by atoms with van der Waals surface area (Å²) in [6, 6.07) is 12.2. The molecule has 178 valence electrons. The van der Waals surface area contributed by atoms with Gasteiger partial charge >= 0.3 is 0 Å². The normalized spacial score (nSPS) is 11.7. The number of rotatable bonds is 7. The number of nitrogens with zero attached hydrogens (tertiary/aromatic N) is 2. The Bertz CT molecular complexity index is 1270. The number of aryl methyl sites for hydroxylation is 1. The number of hydrogen-bond acceptors (Lipinski definition) is 6. The molecule has 1 atom stereocenters. The first-order valence-electron chi connectivity index (χ1n) is 10.8. The van der Waals surface area contributed by atoms with Gasteiger partial charge in [0.05, 0.1) is 12.5 Å². The quantitative estimate of drug-likeness (QED) is 0.455. The zero-order valence-electron chi connectivity index (χ0n) is 19.4. The van der Waals surface area contributed by atoms with E-state index in [-0.39, 0.29) is 23.7 Å². The molecule has 3 rings (SSSR count). The number of methoxy groups -OCH3 is 1. The fraction of sp³-hybridized carbons (Fsp3) is 0.292. The first kappa shape index (κ1) is 24.4. The van der Waals surface area contributed by atoms with Crippen molar-refractivity contribution in [3.8, 4) is 5.75 Å². The first-order chi connectivity index (χ1) is 16.3. The van der Waals surface area contributed by atoms with E-state index in [4.69, 9.17) is 4.74 Å². The molecule has 0 radical (unpaired) electrons. The van der Waals surface area contributed by atoms with Crippen molar-refractivity contribution >= 4 is 28.5 Å². The lowest BCUT2D eigenvalue weighted by Gasteiger charge is -2.22. The van der Waals surface area contributed by atoms with Crippen molar-refractivity contribution in [3.63, 3.8) is 0 Å². The van der Waals surface area contributed by atoms with Gasteiger partial charge in [0.2, 0.25) is 0 Å². The molecule has 0 aliphatic rings. The van der Waals surface area contributed by atoms with Crippen LogP contribution in [-0.4, -0.2) is 40.7 Å². The molecule has 0 fully saturated rings. The van der Waals surface area contributed by atoms with Crippen LogP contribution >= 0.6 is 0 Å². The number of fused-ring (bicyclic) bond motifs is 1. The highest BCUT2D eigenvalue weighted by atomic mass is 16.5. The van der Waals surface area contributed by atoms with E-state index in [9.17, 15) is 19.2 Å². The average Bonchev–Trinajstić information content (AvgIpc) is 2.85. The monoisotopic (exact) mass is 465 g/mol. The maximum absolute atomic E-state index is 12.8. The number of carbonyl (C=O) groups is 3. The van der Waals surface area contributed by atoms with Gasteiger partial charge in [0.1, 0.15) is 11.8 Å². The molecule has 0 bridgehead atoms. The summed E-state index contributed by atoms with van der Waals surface area (Å²) in [5.74, 6) is -1.38. The van der Waals surface area contributed by atoms with Crippen LogP contribution in [0.25, 0.3) is 10.8 Å². The van der Waals surface area contributed by atoms with Crippen LogP contribution < -0.4 is 26.5 Å². The lowest BCUT2D eigenvalue weighted by atomic mass is 10.0. The minimum absolute atomic E-state index is 0.000662. The van der Waals surface area contributed by atoms with Crippen LogP contribution in [0.5, 0.6) is 5.75 Å². The summed E-state index contributed by atoms with van der Waals surface area (Å²) in [5, 5.41) is 7.55. The number of benzene rings is 2. The first-order valence-corrected chi connectivity index (χ1v) is 10.8. The Morgan fingerprint density at radius 2 is 1.62 bits per heavy atom. The van der Waals surface area contributed by atoms with Crippen molar-refractivity contribution in [2.45, 2.75) is 33.4 Å². The molecule has 10 nitrogen and oxygen atoms in total. The second-order valence-corrected chi connectivity index (χ2v) is 7.88. The van der Waals surface area contributed by atoms with Crippen LogP contribution in [0.4, 0.5) is 0 Å². The summed E-state index contributed by atoms with van der Waals surface area (Å²) in [6.45, 7) is 5.56. The van der Waals surface area contributed by atoms with Crippen LogP contribution in [0.2, 0.25) is 0 Å². The number of amides is 3. The van der Waals surface area contributed by atoms with Gasteiger partial charge in [-0.05, 0) is 43.2 Å². The molecule has 3 amide bonds. The molecule has 10 heteroatoms. The maximum atomic E-state index is 12.8. The largest absolute Gasteiger partial charge is 0.497 e. The van der Waals surface area contributed by atoms with Crippen molar-refractivity contribution < 1.29 is 19.1 Å². The van der Waals surface area contributed by atoms with Crippen molar-refractivity contribution in [3.05, 3.63) is 70.1 Å². The molecular formula is C24H27N5O5. The van der Waals surface area contributed by atoms with Gasteiger partial charge in [0.15, 0.2) is 5.69 Å². The van der Waals surface area contributed by atoms with E-state index < -0.39 is 23.8 Å². The van der Waals surface area contributed by atoms with Crippen molar-refractivity contribution in [2.75, 3.05) is 7.11 Å². The summed E-state index contributed by atoms with van der Waals surface area (Å²) in [6.07, 6.45) is 0. The van der Waals surface area contributed by atoms with E-state index in [1.54, 1.807) is 69.3 Å². The maximum Gasteiger partial charge on any atom is 0.290 e. The minimum atomic E-state index is -0.913. The highest BCUT2D eigenvalue weighted by molar-refractivity contribution is 6.05. The third-order valence-electron chi connectivity index (χ3n) is 5.27. The lowest BCUT2D eigenvalue weighted by Crippen LogP contribution is -2.54. The van der Waals surface area contributed by atoms with Crippen LogP contribution in [0, 0.1) is 5.92 Å². The Morgan fingerprint density at radius 1 is 0.971 bits per heavy atom. The zero-order valence-corrected chi connectivity index (χ0v) is 19.4. The second kappa shape index (κ2) is 10.6. The van der Waals surface area contributed by atoms with E-state index in [0.717, 1.165) is 0 Å². The predicted molar refractivity (Wildman–Crippen MR) is 126 cm³/mol. The molecule has 0 saturated heterocycles. The van der Waals surface area contributed by atoms with Gasteiger partial charge in [0.25, 0.3) is 23.3 Å². The van der Waals surface area contributed by atoms with Gasteiger partial charge in [-0.1, -0.05) is 32.0 Å². The molecule has 3 aromatic rings. The molecule has 0 saturated carbocycles. The van der Waals surface area contributed by atoms with Crippen molar-refractivity contribution in [1.29, 1.82) is 0 Å². The Hall–Kier alpha value is -4.21. The van der Waals surface area contributed by atoms with E-state index in [2.05, 4.69) is 21.3 Å². The number of hydrazine groups is 1. The molecular weight excluding hydrogens is 438 g/mol. The molecule has 0 aliphatic heterocycles. The number of nitrogens with one attached hydrogen (secondary N) is 3. The highest BCUT2D eigenvalue weighted by Gasteiger charge is 2.26. The second-order valence-electron chi connectivity index (χ2n) is 7.88. The molecule has 2 aromatic carbocycles. The smallest absolute Gasteiger partial charge is 0.290 e.